The number of alkyl halides is 6. The van der Waals surface area contributed by atoms with Gasteiger partial charge in [-0.1, -0.05) is 42.4 Å². The molecule has 0 aliphatic carbocycles. The van der Waals surface area contributed by atoms with Crippen LogP contribution >= 0.6 is 0 Å². The molecule has 0 amide bonds. The van der Waals surface area contributed by atoms with Crippen LogP contribution in [0, 0.1) is 59.2 Å². The summed E-state index contributed by atoms with van der Waals surface area (Å²) in [5.74, 6) is 1.83. The van der Waals surface area contributed by atoms with Crippen LogP contribution in [0.5, 0.6) is 23.3 Å². The second kappa shape index (κ2) is 16.5. The smallest absolute Gasteiger partial charge is 0.370 e. The van der Waals surface area contributed by atoms with Crippen LogP contribution in [0.15, 0.2) is 84.9 Å². The first-order valence-corrected chi connectivity index (χ1v) is 17.3. The van der Waals surface area contributed by atoms with Gasteiger partial charge in [-0.25, -0.2) is 9.97 Å². The van der Waals surface area contributed by atoms with Gasteiger partial charge < -0.3 is 29.5 Å². The summed E-state index contributed by atoms with van der Waals surface area (Å²) in [4.78, 5) is 19.8. The number of rotatable bonds is 6. The number of hydrogen-bond donors (Lipinski definition) is 1. The van der Waals surface area contributed by atoms with Crippen molar-refractivity contribution in [3.05, 3.63) is 150 Å². The maximum Gasteiger partial charge on any atom is 0.370 e. The minimum Gasteiger partial charge on any atom is -0.513 e. The Labute approximate surface area is 344 Å². The zero-order valence-corrected chi connectivity index (χ0v) is 33.7. The Morgan fingerprint density at radius 1 is 0.655 bits per heavy atom. The second-order valence-corrected chi connectivity index (χ2v) is 13.1. The number of aryl methyl sites for hydroxylation is 4. The first kappa shape index (κ1) is 41.8. The SMILES string of the molecule is Cc1ccc2c(n1)N(c1[c-]c(N3[CH-]N(C)c4ccc(C)nc43)c(C)cc1C)[CH-]N2.FC(F)(F)c1c[c-]c(Oc2cccc(Oc3[c-]cc(C(F)(F)F)cc3)n2)cc1.[Ir]. The van der Waals surface area contributed by atoms with Crippen molar-refractivity contribution in [3.8, 4) is 23.3 Å². The molecule has 3 aromatic heterocycles. The molecule has 6 aromatic rings. The summed E-state index contributed by atoms with van der Waals surface area (Å²) in [5, 5.41) is 3.31. The van der Waals surface area contributed by atoms with E-state index in [0.717, 1.165) is 93.3 Å². The van der Waals surface area contributed by atoms with Crippen molar-refractivity contribution in [3.63, 3.8) is 0 Å². The first-order valence-electron chi connectivity index (χ1n) is 17.3. The van der Waals surface area contributed by atoms with E-state index in [1.165, 1.54) is 18.2 Å². The predicted molar refractivity (Wildman–Crippen MR) is 203 cm³/mol. The Kier molecular flexibility index (Phi) is 11.9. The zero-order valence-electron chi connectivity index (χ0n) is 31.3. The van der Waals surface area contributed by atoms with Gasteiger partial charge in [-0.15, -0.1) is 41.5 Å². The molecular formula is C42H32F6IrN7O2-5. The van der Waals surface area contributed by atoms with Crippen LogP contribution in [-0.4, -0.2) is 22.0 Å². The van der Waals surface area contributed by atoms with E-state index in [9.17, 15) is 26.3 Å². The van der Waals surface area contributed by atoms with Gasteiger partial charge in [-0.3, -0.25) is 0 Å². The Morgan fingerprint density at radius 3 is 1.72 bits per heavy atom. The first-order chi connectivity index (χ1) is 27.0. The molecule has 303 valence electrons. The molecule has 16 heteroatoms. The molecule has 0 unspecified atom stereocenters. The summed E-state index contributed by atoms with van der Waals surface area (Å²) >= 11 is 0. The molecular weight excluding hydrogens is 941 g/mol. The Bertz CT molecular complexity index is 2340. The molecule has 3 aromatic carbocycles. The van der Waals surface area contributed by atoms with Crippen molar-refractivity contribution < 1.29 is 55.9 Å². The zero-order chi connectivity index (χ0) is 40.6. The van der Waals surface area contributed by atoms with Gasteiger partial charge in [0.25, 0.3) is 0 Å². The fourth-order valence-corrected chi connectivity index (χ4v) is 5.95. The maximum atomic E-state index is 12.5. The fraction of sp³-hybridized carbons (Fsp3) is 0.167. The average molecular weight is 973 g/mol. The van der Waals surface area contributed by atoms with Gasteiger partial charge in [-0.05, 0) is 45.2 Å². The van der Waals surface area contributed by atoms with Crippen LogP contribution in [0.4, 0.5) is 60.7 Å². The van der Waals surface area contributed by atoms with Crippen LogP contribution in [0.2, 0.25) is 0 Å². The van der Waals surface area contributed by atoms with Crippen molar-refractivity contribution in [1.82, 2.24) is 15.0 Å². The summed E-state index contributed by atoms with van der Waals surface area (Å²) in [6.45, 7) is 12.3. The minimum absolute atomic E-state index is 0. The Hall–Kier alpha value is -5.86. The summed E-state index contributed by atoms with van der Waals surface area (Å²) in [6, 6.07) is 28.4. The second-order valence-electron chi connectivity index (χ2n) is 13.1. The van der Waals surface area contributed by atoms with Crippen LogP contribution in [0.1, 0.15) is 33.6 Å². The fourth-order valence-electron chi connectivity index (χ4n) is 5.95. The number of hydrogen-bond acceptors (Lipinski definition) is 9. The number of fused-ring (bicyclic) bond motifs is 2. The quantitative estimate of drug-likeness (QED) is 0.130. The van der Waals surface area contributed by atoms with Gasteiger partial charge in [0.1, 0.15) is 11.6 Å². The minimum atomic E-state index is -4.49. The molecule has 8 rings (SSSR count). The van der Waals surface area contributed by atoms with E-state index in [-0.39, 0.29) is 43.4 Å². The van der Waals surface area contributed by atoms with Crippen LogP contribution in [0.25, 0.3) is 0 Å². The standard InChI is InChI=1S/C23H23N6.C19H9F6NO2.Ir/c1-14-10-15(2)21(29-13-27(5)19-9-7-17(4)26-23(19)29)11-20(14)28-12-24-18-8-6-16(3)25-22(18)28;20-18(21,22)12-4-8-14(9-5-12)27-16-2-1-3-17(26-16)28-15-10-6-13(7-11-15)19(23,24)25;/h6-10,12-13,24H,1-5H3;1-8,10H;/q-3;-2;. The number of ether oxygens (including phenoxy) is 2. The predicted octanol–water partition coefficient (Wildman–Crippen LogP) is 11.2. The van der Waals surface area contributed by atoms with Gasteiger partial charge in [0.15, 0.2) is 0 Å². The molecule has 0 spiro atoms. The molecule has 0 fully saturated rings. The van der Waals surface area contributed by atoms with Gasteiger partial charge in [0.05, 0.1) is 0 Å². The topological polar surface area (TPSA) is 78.9 Å². The summed E-state index contributed by atoms with van der Waals surface area (Å²) < 4.78 is 85.9. The van der Waals surface area contributed by atoms with E-state index in [2.05, 4.69) is 81.9 Å². The monoisotopic (exact) mass is 973 g/mol. The van der Waals surface area contributed by atoms with Crippen molar-refractivity contribution in [2.75, 3.05) is 27.1 Å². The van der Waals surface area contributed by atoms with Crippen LogP contribution in [-0.2, 0) is 32.5 Å². The molecule has 2 aliphatic rings. The van der Waals surface area contributed by atoms with E-state index >= 15 is 0 Å². The third kappa shape index (κ3) is 9.13. The number of nitrogens with one attached hydrogen (secondary N) is 1. The number of anilines is 6. The van der Waals surface area contributed by atoms with Crippen LogP contribution < -0.4 is 29.5 Å². The van der Waals surface area contributed by atoms with E-state index in [0.29, 0.717) is 0 Å². The molecule has 9 nitrogen and oxygen atoms in total. The van der Waals surface area contributed by atoms with E-state index in [1.54, 1.807) is 0 Å². The molecule has 1 radical (unpaired) electrons. The molecule has 0 bridgehead atoms. The van der Waals surface area contributed by atoms with Gasteiger partial charge >= 0.3 is 12.4 Å². The van der Waals surface area contributed by atoms with Gasteiger partial charge in [0, 0.05) is 66.5 Å². The molecule has 0 atom stereocenters. The number of aromatic nitrogens is 3. The normalized spacial score (nSPS) is 13.2. The summed E-state index contributed by atoms with van der Waals surface area (Å²) in [6.07, 6.45) is -8.97. The van der Waals surface area contributed by atoms with Crippen LogP contribution in [0.3, 0.4) is 0 Å². The largest absolute Gasteiger partial charge is 0.513 e. The Morgan fingerprint density at radius 2 is 1.19 bits per heavy atom. The van der Waals surface area contributed by atoms with Crippen molar-refractivity contribution in [2.45, 2.75) is 40.0 Å². The van der Waals surface area contributed by atoms with Crippen molar-refractivity contribution in [2.24, 2.45) is 0 Å². The Balaban J connectivity index is 0.000000192. The van der Waals surface area contributed by atoms with Gasteiger partial charge in [0.2, 0.25) is 11.8 Å². The number of halogens is 6. The third-order valence-electron chi connectivity index (χ3n) is 8.73. The number of nitrogens with zero attached hydrogens (tertiary/aromatic N) is 6. The van der Waals surface area contributed by atoms with E-state index in [4.69, 9.17) is 19.4 Å². The number of benzene rings is 3. The van der Waals surface area contributed by atoms with Crippen molar-refractivity contribution >= 4 is 34.4 Å². The van der Waals surface area contributed by atoms with E-state index < -0.39 is 23.5 Å². The molecule has 0 saturated heterocycles. The molecule has 5 heterocycles. The maximum absolute atomic E-state index is 12.5. The van der Waals surface area contributed by atoms with Crippen molar-refractivity contribution in [1.29, 1.82) is 0 Å². The summed E-state index contributed by atoms with van der Waals surface area (Å²) in [5.41, 5.74) is 6.58. The molecule has 2 aliphatic heterocycles. The number of pyridine rings is 3. The summed E-state index contributed by atoms with van der Waals surface area (Å²) in [7, 11) is 2.04. The molecule has 0 saturated carbocycles. The molecule has 1 N–H and O–H groups in total. The average Bonchev–Trinajstić information content (AvgIpc) is 3.71. The van der Waals surface area contributed by atoms with Gasteiger partial charge in [-0.2, -0.15) is 75.0 Å². The van der Waals surface area contributed by atoms with E-state index in [1.807, 2.05) is 39.7 Å². The molecule has 58 heavy (non-hydrogen) atoms. The third-order valence-corrected chi connectivity index (χ3v) is 8.73.